The molecule has 1 aliphatic heterocycles. The van der Waals surface area contributed by atoms with Gasteiger partial charge in [-0.15, -0.1) is 0 Å². The van der Waals surface area contributed by atoms with Gasteiger partial charge in [-0.05, 0) is 29.8 Å². The van der Waals surface area contributed by atoms with Crippen LogP contribution in [0, 0.1) is 0 Å². The number of amides is 2. The smallest absolute Gasteiger partial charge is 0.252 e. The fraction of sp³-hybridized carbons (Fsp3) is 0.176. The Hall–Kier alpha value is -2.53. The van der Waals surface area contributed by atoms with Crippen LogP contribution in [0.25, 0.3) is 0 Å². The van der Waals surface area contributed by atoms with E-state index in [0.717, 1.165) is 5.56 Å². The van der Waals surface area contributed by atoms with Gasteiger partial charge in [0.1, 0.15) is 11.8 Å². The van der Waals surface area contributed by atoms with E-state index < -0.39 is 6.04 Å². The number of methoxy groups -OCH3 is 1. The molecule has 0 spiro atoms. The summed E-state index contributed by atoms with van der Waals surface area (Å²) in [5.41, 5.74) is 1.93. The molecule has 6 heteroatoms. The zero-order valence-electron chi connectivity index (χ0n) is 12.4. The summed E-state index contributed by atoms with van der Waals surface area (Å²) in [7, 11) is 1.51. The summed E-state index contributed by atoms with van der Waals surface area (Å²) < 4.78 is 5.21. The molecule has 0 aliphatic carbocycles. The number of carbonyl (C=O) groups is 2. The Kier molecular flexibility index (Phi) is 4.21. The van der Waals surface area contributed by atoms with Crippen LogP contribution >= 0.6 is 11.6 Å². The van der Waals surface area contributed by atoms with Crippen molar-refractivity contribution in [3.8, 4) is 5.75 Å². The van der Waals surface area contributed by atoms with Crippen molar-refractivity contribution in [3.05, 3.63) is 58.6 Å². The quantitative estimate of drug-likeness (QED) is 0.909. The van der Waals surface area contributed by atoms with E-state index >= 15 is 0 Å². The molecule has 3 rings (SSSR count). The number of hydrogen-bond acceptors (Lipinski definition) is 3. The van der Waals surface area contributed by atoms with Crippen LogP contribution in [0.1, 0.15) is 15.9 Å². The molecule has 2 N–H and O–H groups in total. The van der Waals surface area contributed by atoms with Crippen LogP contribution in [0.15, 0.2) is 42.5 Å². The zero-order valence-corrected chi connectivity index (χ0v) is 13.2. The van der Waals surface area contributed by atoms with Crippen molar-refractivity contribution in [2.75, 3.05) is 12.4 Å². The molecule has 0 saturated heterocycles. The summed E-state index contributed by atoms with van der Waals surface area (Å²) >= 11 is 5.96. The maximum absolute atomic E-state index is 12.5. The van der Waals surface area contributed by atoms with Crippen molar-refractivity contribution in [2.24, 2.45) is 0 Å². The highest BCUT2D eigenvalue weighted by atomic mass is 35.5. The molecule has 0 saturated carbocycles. The van der Waals surface area contributed by atoms with Crippen LogP contribution in [0.5, 0.6) is 5.75 Å². The van der Waals surface area contributed by atoms with Crippen molar-refractivity contribution in [2.45, 2.75) is 12.5 Å². The highest BCUT2D eigenvalue weighted by Gasteiger charge is 2.29. The molecule has 0 fully saturated rings. The van der Waals surface area contributed by atoms with Crippen LogP contribution < -0.4 is 15.4 Å². The third kappa shape index (κ3) is 3.14. The van der Waals surface area contributed by atoms with Gasteiger partial charge < -0.3 is 15.4 Å². The van der Waals surface area contributed by atoms with E-state index in [2.05, 4.69) is 10.6 Å². The normalized spacial score (nSPS) is 16.3. The number of rotatable bonds is 3. The summed E-state index contributed by atoms with van der Waals surface area (Å²) in [5, 5.41) is 5.97. The molecular weight excluding hydrogens is 316 g/mol. The van der Waals surface area contributed by atoms with Crippen molar-refractivity contribution in [1.29, 1.82) is 0 Å². The summed E-state index contributed by atoms with van der Waals surface area (Å²) in [5.74, 6) is -0.0521. The molecular formula is C17H15ClN2O3. The number of ether oxygens (including phenoxy) is 1. The first-order valence-corrected chi connectivity index (χ1v) is 7.49. The molecule has 118 valence electrons. The number of nitrogens with one attached hydrogen (secondary N) is 2. The Labute approximate surface area is 138 Å². The first-order valence-electron chi connectivity index (χ1n) is 7.11. The van der Waals surface area contributed by atoms with E-state index in [1.54, 1.807) is 30.3 Å². The fourth-order valence-corrected chi connectivity index (χ4v) is 2.75. The minimum absolute atomic E-state index is 0.245. The van der Waals surface area contributed by atoms with Gasteiger partial charge in [-0.3, -0.25) is 9.59 Å². The molecule has 1 heterocycles. The lowest BCUT2D eigenvalue weighted by atomic mass is 9.95. The van der Waals surface area contributed by atoms with E-state index in [-0.39, 0.29) is 11.8 Å². The Morgan fingerprint density at radius 2 is 2.09 bits per heavy atom. The van der Waals surface area contributed by atoms with Crippen LogP contribution in [0.2, 0.25) is 5.02 Å². The minimum atomic E-state index is -0.638. The molecule has 1 unspecified atom stereocenters. The average molecular weight is 331 g/mol. The summed E-state index contributed by atoms with van der Waals surface area (Å²) in [6, 6.07) is 11.6. The second-order valence-electron chi connectivity index (χ2n) is 5.22. The Morgan fingerprint density at radius 1 is 1.30 bits per heavy atom. The van der Waals surface area contributed by atoms with Crippen LogP contribution in [0.4, 0.5) is 5.69 Å². The number of halogens is 1. The lowest BCUT2D eigenvalue weighted by Gasteiger charge is -2.25. The van der Waals surface area contributed by atoms with Crippen molar-refractivity contribution < 1.29 is 14.3 Å². The van der Waals surface area contributed by atoms with Gasteiger partial charge in [0.2, 0.25) is 5.91 Å². The van der Waals surface area contributed by atoms with Crippen LogP contribution in [0.3, 0.4) is 0 Å². The predicted octanol–water partition coefficient (Wildman–Crippen LogP) is 2.64. The summed E-state index contributed by atoms with van der Waals surface area (Å²) in [6.45, 7) is 0. The van der Waals surface area contributed by atoms with Gasteiger partial charge in [0, 0.05) is 17.0 Å². The Balaban J connectivity index is 1.80. The summed E-state index contributed by atoms with van der Waals surface area (Å²) in [6.07, 6.45) is 0.441. The molecule has 2 aromatic carbocycles. The van der Waals surface area contributed by atoms with Gasteiger partial charge in [0.25, 0.3) is 5.91 Å². The largest absolute Gasteiger partial charge is 0.495 e. The summed E-state index contributed by atoms with van der Waals surface area (Å²) in [4.78, 5) is 24.6. The van der Waals surface area contributed by atoms with E-state index in [9.17, 15) is 9.59 Å². The molecule has 0 aromatic heterocycles. The monoisotopic (exact) mass is 330 g/mol. The SMILES string of the molecule is COc1ccc(Cl)cc1NC(=O)C1Cc2ccccc2C(=O)N1. The highest BCUT2D eigenvalue weighted by Crippen LogP contribution is 2.28. The predicted molar refractivity (Wildman–Crippen MR) is 88.0 cm³/mol. The molecule has 0 radical (unpaired) electrons. The number of anilines is 1. The molecule has 2 amide bonds. The minimum Gasteiger partial charge on any atom is -0.495 e. The zero-order chi connectivity index (χ0) is 16.4. The van der Waals surface area contributed by atoms with E-state index in [4.69, 9.17) is 16.3 Å². The third-order valence-corrected chi connectivity index (χ3v) is 3.96. The first kappa shape index (κ1) is 15.4. The van der Waals surface area contributed by atoms with E-state index in [1.165, 1.54) is 7.11 Å². The standard InChI is InChI=1S/C17H15ClN2O3/c1-23-15-7-6-11(18)9-13(15)19-17(22)14-8-10-4-2-3-5-12(10)16(21)20-14/h2-7,9,14H,8H2,1H3,(H,19,22)(H,20,21). The highest BCUT2D eigenvalue weighted by molar-refractivity contribution is 6.31. The number of carbonyl (C=O) groups excluding carboxylic acids is 2. The number of benzene rings is 2. The van der Waals surface area contributed by atoms with Crippen LogP contribution in [-0.2, 0) is 11.2 Å². The van der Waals surface area contributed by atoms with Crippen LogP contribution in [-0.4, -0.2) is 25.0 Å². The lowest BCUT2D eigenvalue weighted by molar-refractivity contribution is -0.118. The first-order chi connectivity index (χ1) is 11.1. The van der Waals surface area contributed by atoms with Gasteiger partial charge >= 0.3 is 0 Å². The Bertz CT molecular complexity index is 776. The third-order valence-electron chi connectivity index (χ3n) is 3.73. The molecule has 5 nitrogen and oxygen atoms in total. The lowest BCUT2D eigenvalue weighted by Crippen LogP contribution is -2.48. The molecule has 23 heavy (non-hydrogen) atoms. The van der Waals surface area contributed by atoms with Crippen molar-refractivity contribution in [3.63, 3.8) is 0 Å². The molecule has 1 aliphatic rings. The topological polar surface area (TPSA) is 67.4 Å². The maximum Gasteiger partial charge on any atom is 0.252 e. The van der Waals surface area contributed by atoms with Crippen molar-refractivity contribution >= 4 is 29.1 Å². The average Bonchev–Trinajstić information content (AvgIpc) is 2.55. The second kappa shape index (κ2) is 6.30. The van der Waals surface area contributed by atoms with E-state index in [1.807, 2.05) is 12.1 Å². The van der Waals surface area contributed by atoms with E-state index in [0.29, 0.717) is 28.4 Å². The number of fused-ring (bicyclic) bond motifs is 1. The van der Waals surface area contributed by atoms with Gasteiger partial charge in [-0.25, -0.2) is 0 Å². The molecule has 1 atom stereocenters. The molecule has 2 aromatic rings. The fourth-order valence-electron chi connectivity index (χ4n) is 2.58. The molecule has 0 bridgehead atoms. The maximum atomic E-state index is 12.5. The van der Waals surface area contributed by atoms with Gasteiger partial charge in [-0.1, -0.05) is 29.8 Å². The van der Waals surface area contributed by atoms with Gasteiger partial charge in [0.05, 0.1) is 12.8 Å². The second-order valence-corrected chi connectivity index (χ2v) is 5.66. The number of hydrogen-bond donors (Lipinski definition) is 2. The Morgan fingerprint density at radius 3 is 2.87 bits per heavy atom. The van der Waals surface area contributed by atoms with Gasteiger partial charge in [0.15, 0.2) is 0 Å². The van der Waals surface area contributed by atoms with Gasteiger partial charge in [-0.2, -0.15) is 0 Å². The van der Waals surface area contributed by atoms with Crippen molar-refractivity contribution in [1.82, 2.24) is 5.32 Å².